The zero-order chi connectivity index (χ0) is 16.1. The Morgan fingerprint density at radius 1 is 1.30 bits per heavy atom. The molecule has 3 heterocycles. The van der Waals surface area contributed by atoms with E-state index in [1.807, 2.05) is 11.8 Å². The smallest absolute Gasteiger partial charge is 0.226 e. The Morgan fingerprint density at radius 3 is 2.74 bits per heavy atom. The fraction of sp³-hybridized carbons (Fsp3) is 0.833. The van der Waals surface area contributed by atoms with Crippen molar-refractivity contribution in [2.45, 2.75) is 44.2 Å². The van der Waals surface area contributed by atoms with Gasteiger partial charge in [-0.25, -0.2) is 0 Å². The topological polar surface area (TPSA) is 32.8 Å². The molecule has 4 nitrogen and oxygen atoms in total. The molecule has 0 saturated carbocycles. The van der Waals surface area contributed by atoms with Crippen LogP contribution >= 0.6 is 11.8 Å². The minimum absolute atomic E-state index is 0.177. The maximum Gasteiger partial charge on any atom is 0.226 e. The second kappa shape index (κ2) is 8.41. The normalized spacial score (nSPS) is 29.5. The summed E-state index contributed by atoms with van der Waals surface area (Å²) in [4.78, 5) is 17.6. The second-order valence-electron chi connectivity index (χ2n) is 6.90. The van der Waals surface area contributed by atoms with Crippen LogP contribution in [-0.4, -0.2) is 72.1 Å². The number of carbonyl (C=O) groups is 1. The molecule has 0 aromatic rings. The number of piperidine rings is 1. The Hall–Kier alpha value is -0.700. The van der Waals surface area contributed by atoms with E-state index in [-0.39, 0.29) is 12.0 Å². The van der Waals surface area contributed by atoms with Crippen LogP contribution in [0.1, 0.15) is 32.1 Å². The predicted molar refractivity (Wildman–Crippen MR) is 94.4 cm³/mol. The number of hydrogen-bond donors (Lipinski definition) is 0. The first-order valence-electron chi connectivity index (χ1n) is 8.93. The molecule has 128 valence electrons. The molecular weight excluding hydrogens is 308 g/mol. The summed E-state index contributed by atoms with van der Waals surface area (Å²) in [5.41, 5.74) is 0. The third kappa shape index (κ3) is 4.43. The summed E-state index contributed by atoms with van der Waals surface area (Å²) in [7, 11) is 0. The summed E-state index contributed by atoms with van der Waals surface area (Å²) < 4.78 is 5.80. The molecule has 0 bridgehead atoms. The number of rotatable bonds is 5. The number of amides is 1. The number of thioether (sulfide) groups is 1. The Morgan fingerprint density at radius 2 is 2.13 bits per heavy atom. The number of carbonyl (C=O) groups excluding carboxylic acids is 1. The van der Waals surface area contributed by atoms with Gasteiger partial charge in [-0.3, -0.25) is 9.69 Å². The molecule has 0 aromatic heterocycles. The van der Waals surface area contributed by atoms with Crippen molar-refractivity contribution in [1.29, 1.82) is 0 Å². The Kier molecular flexibility index (Phi) is 6.27. The maximum atomic E-state index is 13.1. The van der Waals surface area contributed by atoms with Crippen molar-refractivity contribution in [3.05, 3.63) is 0 Å². The maximum absolute atomic E-state index is 13.1. The van der Waals surface area contributed by atoms with E-state index >= 15 is 0 Å². The summed E-state index contributed by atoms with van der Waals surface area (Å²) in [5.74, 6) is 5.53. The fourth-order valence-corrected chi connectivity index (χ4v) is 5.12. The molecule has 0 unspecified atom stereocenters. The molecule has 3 aliphatic heterocycles. The van der Waals surface area contributed by atoms with Gasteiger partial charge in [-0.2, -0.15) is 11.8 Å². The van der Waals surface area contributed by atoms with E-state index in [1.165, 1.54) is 5.75 Å². The van der Waals surface area contributed by atoms with E-state index in [0.717, 1.165) is 64.1 Å². The quantitative estimate of drug-likeness (QED) is 0.717. The van der Waals surface area contributed by atoms with E-state index < -0.39 is 0 Å². The predicted octanol–water partition coefficient (Wildman–Crippen LogP) is 1.84. The van der Waals surface area contributed by atoms with Gasteiger partial charge in [0.05, 0.1) is 12.6 Å². The highest BCUT2D eigenvalue weighted by Crippen LogP contribution is 2.28. The van der Waals surface area contributed by atoms with Crippen LogP contribution in [0.2, 0.25) is 0 Å². The lowest BCUT2D eigenvalue weighted by atomic mass is 9.94. The first-order valence-corrected chi connectivity index (χ1v) is 10.1. The molecule has 0 aliphatic carbocycles. The van der Waals surface area contributed by atoms with Gasteiger partial charge in [0.2, 0.25) is 5.91 Å². The highest BCUT2D eigenvalue weighted by Gasteiger charge is 2.35. The first kappa shape index (κ1) is 17.1. The van der Waals surface area contributed by atoms with Gasteiger partial charge in [0.15, 0.2) is 0 Å². The lowest BCUT2D eigenvalue weighted by Gasteiger charge is -2.37. The van der Waals surface area contributed by atoms with Crippen LogP contribution in [0.3, 0.4) is 0 Å². The average Bonchev–Trinajstić information content (AvgIpc) is 3.26. The summed E-state index contributed by atoms with van der Waals surface area (Å²) in [6.45, 7) is 4.27. The minimum Gasteiger partial charge on any atom is -0.376 e. The molecule has 3 rings (SSSR count). The van der Waals surface area contributed by atoms with Crippen molar-refractivity contribution in [3.63, 3.8) is 0 Å². The number of ether oxygens (including phenoxy) is 1. The van der Waals surface area contributed by atoms with Gasteiger partial charge in [0, 0.05) is 30.9 Å². The summed E-state index contributed by atoms with van der Waals surface area (Å²) in [6.07, 6.45) is 10.9. The molecule has 0 N–H and O–H groups in total. The number of likely N-dealkylation sites (tertiary alicyclic amines) is 1. The summed E-state index contributed by atoms with van der Waals surface area (Å²) in [5, 5.41) is 0. The van der Waals surface area contributed by atoms with Crippen LogP contribution < -0.4 is 0 Å². The number of terminal acetylenes is 1. The SMILES string of the molecule is C#CCN1CCC(C(=O)N(C[C@H]2CCCO2)[C@@H]2CCSC2)CC1. The van der Waals surface area contributed by atoms with Crippen LogP contribution in [0.4, 0.5) is 0 Å². The van der Waals surface area contributed by atoms with E-state index in [0.29, 0.717) is 18.5 Å². The van der Waals surface area contributed by atoms with Crippen molar-refractivity contribution in [1.82, 2.24) is 9.80 Å². The number of hydrogen-bond acceptors (Lipinski definition) is 4. The van der Waals surface area contributed by atoms with Crippen LogP contribution in [-0.2, 0) is 9.53 Å². The van der Waals surface area contributed by atoms with Gasteiger partial charge in [-0.1, -0.05) is 5.92 Å². The van der Waals surface area contributed by atoms with E-state index in [4.69, 9.17) is 11.2 Å². The fourth-order valence-electron chi connectivity index (χ4n) is 3.90. The molecule has 2 atom stereocenters. The molecular formula is C18H28N2O2S. The van der Waals surface area contributed by atoms with Gasteiger partial charge in [-0.15, -0.1) is 6.42 Å². The van der Waals surface area contributed by atoms with Crippen molar-refractivity contribution in [2.24, 2.45) is 5.92 Å². The molecule has 23 heavy (non-hydrogen) atoms. The largest absolute Gasteiger partial charge is 0.376 e. The van der Waals surface area contributed by atoms with Gasteiger partial charge >= 0.3 is 0 Å². The molecule has 0 radical (unpaired) electrons. The van der Waals surface area contributed by atoms with Gasteiger partial charge in [0.1, 0.15) is 0 Å². The van der Waals surface area contributed by atoms with E-state index in [1.54, 1.807) is 0 Å². The third-order valence-electron chi connectivity index (χ3n) is 5.31. The summed E-state index contributed by atoms with van der Waals surface area (Å²) >= 11 is 1.97. The molecule has 5 heteroatoms. The molecule has 3 saturated heterocycles. The molecule has 0 spiro atoms. The van der Waals surface area contributed by atoms with Crippen LogP contribution in [0.5, 0.6) is 0 Å². The number of nitrogens with zero attached hydrogens (tertiary/aromatic N) is 2. The van der Waals surface area contributed by atoms with Crippen molar-refractivity contribution in [3.8, 4) is 12.3 Å². The van der Waals surface area contributed by atoms with E-state index in [9.17, 15) is 4.79 Å². The highest BCUT2D eigenvalue weighted by molar-refractivity contribution is 7.99. The molecule has 3 fully saturated rings. The lowest BCUT2D eigenvalue weighted by molar-refractivity contribution is -0.140. The van der Waals surface area contributed by atoms with Crippen molar-refractivity contribution >= 4 is 17.7 Å². The molecule has 3 aliphatic rings. The van der Waals surface area contributed by atoms with Crippen LogP contribution in [0, 0.1) is 18.3 Å². The minimum atomic E-state index is 0.177. The van der Waals surface area contributed by atoms with Gasteiger partial charge in [0.25, 0.3) is 0 Å². The van der Waals surface area contributed by atoms with Gasteiger partial charge < -0.3 is 9.64 Å². The third-order valence-corrected chi connectivity index (χ3v) is 6.45. The van der Waals surface area contributed by atoms with E-state index in [2.05, 4.69) is 15.7 Å². The molecule has 0 aromatic carbocycles. The average molecular weight is 337 g/mol. The van der Waals surface area contributed by atoms with Crippen molar-refractivity contribution < 1.29 is 9.53 Å². The van der Waals surface area contributed by atoms with Gasteiger partial charge in [-0.05, 0) is 50.9 Å². The lowest BCUT2D eigenvalue weighted by Crippen LogP contribution is -2.49. The summed E-state index contributed by atoms with van der Waals surface area (Å²) in [6, 6.07) is 0.417. The van der Waals surface area contributed by atoms with Crippen LogP contribution in [0.15, 0.2) is 0 Å². The highest BCUT2D eigenvalue weighted by atomic mass is 32.2. The van der Waals surface area contributed by atoms with Crippen molar-refractivity contribution in [2.75, 3.05) is 44.3 Å². The Balaban J connectivity index is 1.59. The Bertz CT molecular complexity index is 431. The first-order chi connectivity index (χ1) is 11.3. The zero-order valence-corrected chi connectivity index (χ0v) is 14.7. The Labute approximate surface area is 144 Å². The second-order valence-corrected chi connectivity index (χ2v) is 8.05. The van der Waals surface area contributed by atoms with Crippen LogP contribution in [0.25, 0.3) is 0 Å². The zero-order valence-electron chi connectivity index (χ0n) is 13.9. The monoisotopic (exact) mass is 336 g/mol. The standard InChI is InChI=1S/C18H28N2O2S/c1-2-8-19-9-5-15(6-10-19)18(21)20(16-7-12-23-14-16)13-17-4-3-11-22-17/h1,15-17H,3-14H2/t16-,17-/m1/s1. The molecule has 1 amide bonds.